The molecule has 2 aliphatic heterocycles. The second-order valence-electron chi connectivity index (χ2n) is 8.31. The molecule has 31 heavy (non-hydrogen) atoms. The topological polar surface area (TPSA) is 73.7 Å². The number of rotatable bonds is 4. The van der Waals surface area contributed by atoms with Gasteiger partial charge in [-0.2, -0.15) is 0 Å². The minimum Gasteiger partial charge on any atom is -0.483 e. The van der Waals surface area contributed by atoms with Crippen LogP contribution in [0.15, 0.2) is 24.3 Å². The number of benzene rings is 1. The van der Waals surface area contributed by atoms with Gasteiger partial charge in [0, 0.05) is 36.5 Å². The van der Waals surface area contributed by atoms with Crippen LogP contribution >= 0.6 is 11.3 Å². The molecule has 1 unspecified atom stereocenters. The van der Waals surface area contributed by atoms with E-state index in [1.807, 2.05) is 0 Å². The average molecular weight is 448 g/mol. The molecule has 2 fully saturated rings. The lowest BCUT2D eigenvalue weighted by atomic mass is 9.87. The largest absolute Gasteiger partial charge is 0.483 e. The van der Waals surface area contributed by atoms with Crippen molar-refractivity contribution in [3.63, 3.8) is 0 Å². The Kier molecular flexibility index (Phi) is 7.78. The second kappa shape index (κ2) is 10.3. The molecule has 0 saturated carbocycles. The standard InChI is InChI=1S/C22H28FN3OS.CH2O2/c1-16-20(28-17(2)24-16)15-25-12-3-9-22(11-13-25)10-8-21(27)26(22)14-18-4-6-19(23)7-5-18;2-1-3/h4-7H,3,8-15H2,1-2H3;1H,(H,2,3). The average Bonchev–Trinajstić information content (AvgIpc) is 3.11. The molecule has 2 aromatic rings. The Morgan fingerprint density at radius 1 is 1.16 bits per heavy atom. The maximum Gasteiger partial charge on any atom is 0.290 e. The summed E-state index contributed by atoms with van der Waals surface area (Å²) in [5.74, 6) is 0.0108. The van der Waals surface area contributed by atoms with Crippen LogP contribution < -0.4 is 0 Å². The predicted molar refractivity (Wildman–Crippen MR) is 118 cm³/mol. The van der Waals surface area contributed by atoms with Gasteiger partial charge in [-0.1, -0.05) is 12.1 Å². The smallest absolute Gasteiger partial charge is 0.290 e. The summed E-state index contributed by atoms with van der Waals surface area (Å²) < 4.78 is 13.2. The summed E-state index contributed by atoms with van der Waals surface area (Å²) in [6, 6.07) is 6.56. The number of thiazole rings is 1. The molecule has 1 amide bonds. The summed E-state index contributed by atoms with van der Waals surface area (Å²) in [7, 11) is 0. The molecular weight excluding hydrogens is 417 g/mol. The number of hydrogen-bond acceptors (Lipinski definition) is 5. The van der Waals surface area contributed by atoms with Crippen molar-refractivity contribution in [2.75, 3.05) is 13.1 Å². The van der Waals surface area contributed by atoms with E-state index in [1.165, 1.54) is 17.0 Å². The number of carbonyl (C=O) groups is 2. The lowest BCUT2D eigenvalue weighted by Crippen LogP contribution is -2.45. The number of nitrogens with zero attached hydrogens (tertiary/aromatic N) is 3. The normalized spacial score (nSPS) is 21.6. The molecule has 4 rings (SSSR count). The highest BCUT2D eigenvalue weighted by molar-refractivity contribution is 7.11. The highest BCUT2D eigenvalue weighted by Gasteiger charge is 2.45. The van der Waals surface area contributed by atoms with Gasteiger partial charge in [0.25, 0.3) is 6.47 Å². The number of amides is 1. The quantitative estimate of drug-likeness (QED) is 0.713. The van der Waals surface area contributed by atoms with Crippen molar-refractivity contribution in [3.8, 4) is 0 Å². The highest BCUT2D eigenvalue weighted by Crippen LogP contribution is 2.40. The Hall–Kier alpha value is -2.32. The van der Waals surface area contributed by atoms with Gasteiger partial charge in [0.15, 0.2) is 0 Å². The van der Waals surface area contributed by atoms with E-state index in [4.69, 9.17) is 9.90 Å². The van der Waals surface area contributed by atoms with Crippen molar-refractivity contribution in [2.24, 2.45) is 0 Å². The zero-order valence-corrected chi connectivity index (χ0v) is 19.0. The van der Waals surface area contributed by atoms with Gasteiger partial charge in [-0.15, -0.1) is 11.3 Å². The molecule has 2 saturated heterocycles. The Bertz CT molecular complexity index is 902. The van der Waals surface area contributed by atoms with Gasteiger partial charge in [-0.25, -0.2) is 9.37 Å². The van der Waals surface area contributed by atoms with Crippen molar-refractivity contribution < 1.29 is 19.1 Å². The van der Waals surface area contributed by atoms with E-state index in [0.29, 0.717) is 13.0 Å². The van der Waals surface area contributed by atoms with Crippen LogP contribution in [0.5, 0.6) is 0 Å². The monoisotopic (exact) mass is 447 g/mol. The van der Waals surface area contributed by atoms with Crippen molar-refractivity contribution in [1.82, 2.24) is 14.8 Å². The highest BCUT2D eigenvalue weighted by atomic mass is 32.1. The molecule has 1 atom stereocenters. The Balaban J connectivity index is 0.000000858. The van der Waals surface area contributed by atoms with E-state index in [2.05, 4.69) is 28.6 Å². The van der Waals surface area contributed by atoms with E-state index in [9.17, 15) is 9.18 Å². The van der Waals surface area contributed by atoms with E-state index in [0.717, 1.165) is 61.6 Å². The Morgan fingerprint density at radius 2 is 1.87 bits per heavy atom. The third-order valence-electron chi connectivity index (χ3n) is 6.31. The van der Waals surface area contributed by atoms with Crippen LogP contribution in [0.25, 0.3) is 0 Å². The van der Waals surface area contributed by atoms with Crippen LogP contribution in [-0.4, -0.2) is 50.9 Å². The second-order valence-corrected chi connectivity index (χ2v) is 9.60. The molecule has 0 bridgehead atoms. The number of hydrogen-bond donors (Lipinski definition) is 1. The first kappa shape index (κ1) is 23.3. The van der Waals surface area contributed by atoms with E-state index in [-0.39, 0.29) is 23.7 Å². The zero-order valence-electron chi connectivity index (χ0n) is 18.1. The Labute approximate surface area is 186 Å². The first-order valence-electron chi connectivity index (χ1n) is 10.6. The molecular formula is C23H30FN3O3S. The number of aromatic nitrogens is 1. The fourth-order valence-electron chi connectivity index (χ4n) is 4.74. The van der Waals surface area contributed by atoms with Gasteiger partial charge in [0.2, 0.25) is 5.91 Å². The van der Waals surface area contributed by atoms with Crippen LogP contribution in [0.1, 0.15) is 53.2 Å². The van der Waals surface area contributed by atoms with Crippen molar-refractivity contribution >= 4 is 23.7 Å². The molecule has 3 heterocycles. The molecule has 0 radical (unpaired) electrons. The van der Waals surface area contributed by atoms with Crippen molar-refractivity contribution in [1.29, 1.82) is 0 Å². The lowest BCUT2D eigenvalue weighted by molar-refractivity contribution is -0.132. The molecule has 1 aromatic heterocycles. The summed E-state index contributed by atoms with van der Waals surface area (Å²) in [5.41, 5.74) is 2.11. The summed E-state index contributed by atoms with van der Waals surface area (Å²) in [4.78, 5) is 31.6. The zero-order chi connectivity index (χ0) is 22.4. The number of likely N-dealkylation sites (tertiary alicyclic amines) is 2. The van der Waals surface area contributed by atoms with Gasteiger partial charge < -0.3 is 10.0 Å². The molecule has 168 valence electrons. The summed E-state index contributed by atoms with van der Waals surface area (Å²) in [6.07, 6.45) is 4.74. The number of halogens is 1. The third kappa shape index (κ3) is 5.68. The Morgan fingerprint density at radius 3 is 2.52 bits per heavy atom. The third-order valence-corrected chi connectivity index (χ3v) is 7.37. The summed E-state index contributed by atoms with van der Waals surface area (Å²) in [5, 5.41) is 8.02. The van der Waals surface area contributed by atoms with Crippen molar-refractivity contribution in [2.45, 2.75) is 64.6 Å². The first-order chi connectivity index (χ1) is 14.9. The van der Waals surface area contributed by atoms with Gasteiger partial charge in [0.05, 0.1) is 10.7 Å². The van der Waals surface area contributed by atoms with Crippen LogP contribution in [0.2, 0.25) is 0 Å². The predicted octanol–water partition coefficient (Wildman–Crippen LogP) is 4.15. The maximum absolute atomic E-state index is 13.2. The molecule has 8 heteroatoms. The molecule has 0 aliphatic carbocycles. The number of carboxylic acid groups (broad SMARTS) is 1. The summed E-state index contributed by atoms with van der Waals surface area (Å²) >= 11 is 1.79. The maximum atomic E-state index is 13.2. The van der Waals surface area contributed by atoms with Gasteiger partial charge in [-0.05, 0) is 63.8 Å². The minimum absolute atomic E-state index is 0.0428. The SMILES string of the molecule is Cc1nc(C)c(CN2CCCC3(CCC(=O)N3Cc3ccc(F)cc3)CC2)s1.O=CO. The molecule has 6 nitrogen and oxygen atoms in total. The minimum atomic E-state index is -0.250. The summed E-state index contributed by atoms with van der Waals surface area (Å²) in [6.45, 7) is 7.53. The van der Waals surface area contributed by atoms with Gasteiger partial charge >= 0.3 is 0 Å². The van der Waals surface area contributed by atoms with Crippen LogP contribution in [0.3, 0.4) is 0 Å². The fraction of sp³-hybridized carbons (Fsp3) is 0.522. The first-order valence-corrected chi connectivity index (χ1v) is 11.5. The van der Waals surface area contributed by atoms with Gasteiger partial charge in [0.1, 0.15) is 5.82 Å². The number of carbonyl (C=O) groups excluding carboxylic acids is 1. The van der Waals surface area contributed by atoms with Crippen LogP contribution in [0, 0.1) is 19.7 Å². The van der Waals surface area contributed by atoms with Gasteiger partial charge in [-0.3, -0.25) is 14.5 Å². The van der Waals surface area contributed by atoms with E-state index >= 15 is 0 Å². The molecule has 2 aliphatic rings. The molecule has 1 aromatic carbocycles. The van der Waals surface area contributed by atoms with Crippen molar-refractivity contribution in [3.05, 3.63) is 51.2 Å². The van der Waals surface area contributed by atoms with Crippen LogP contribution in [-0.2, 0) is 22.7 Å². The number of aryl methyl sites for hydroxylation is 2. The fourth-order valence-corrected chi connectivity index (χ4v) is 5.72. The van der Waals surface area contributed by atoms with E-state index in [1.54, 1.807) is 23.5 Å². The lowest BCUT2D eigenvalue weighted by Gasteiger charge is -2.38. The molecule has 1 N–H and O–H groups in total. The van der Waals surface area contributed by atoms with E-state index < -0.39 is 0 Å². The molecule has 1 spiro atoms. The van der Waals surface area contributed by atoms with Crippen LogP contribution in [0.4, 0.5) is 4.39 Å².